The zero-order chi connectivity index (χ0) is 22.5. The second-order valence-corrected chi connectivity index (χ2v) is 8.08. The van der Waals surface area contributed by atoms with Crippen LogP contribution in [-0.4, -0.2) is 19.9 Å². The molecular formula is C27H30N3O2+. The van der Waals surface area contributed by atoms with Gasteiger partial charge in [0.1, 0.15) is 6.61 Å². The number of benzene rings is 3. The van der Waals surface area contributed by atoms with Crippen molar-refractivity contribution in [3.05, 3.63) is 94.1 Å². The molecule has 4 rings (SSSR count). The van der Waals surface area contributed by atoms with Crippen LogP contribution >= 0.6 is 0 Å². The molecule has 1 aliphatic heterocycles. The number of hydrogen-bond acceptors (Lipinski definition) is 4. The summed E-state index contributed by atoms with van der Waals surface area (Å²) in [7, 11) is 1.68. The largest absolute Gasteiger partial charge is 0.493 e. The molecule has 0 aromatic heterocycles. The molecule has 0 saturated carbocycles. The Hall–Kier alpha value is -3.57. The van der Waals surface area contributed by atoms with E-state index in [1.165, 1.54) is 22.9 Å². The number of nitrogens with two attached hydrogens (primary N) is 2. The Bertz CT molecular complexity index is 1150. The number of hydrogen-bond donors (Lipinski definition) is 3. The molecule has 0 fully saturated rings. The van der Waals surface area contributed by atoms with E-state index in [4.69, 9.17) is 20.6 Å². The maximum Gasteiger partial charge on any atom is 0.169 e. The molecule has 5 N–H and O–H groups in total. The van der Waals surface area contributed by atoms with E-state index in [0.717, 1.165) is 41.2 Å². The van der Waals surface area contributed by atoms with Gasteiger partial charge < -0.3 is 20.5 Å². The summed E-state index contributed by atoms with van der Waals surface area (Å²) in [6.07, 6.45) is 6.70. The van der Waals surface area contributed by atoms with Gasteiger partial charge in [0.05, 0.1) is 18.7 Å². The van der Waals surface area contributed by atoms with Crippen molar-refractivity contribution >= 4 is 18.0 Å². The van der Waals surface area contributed by atoms with Gasteiger partial charge in [-0.2, -0.15) is 0 Å². The molecule has 1 unspecified atom stereocenters. The molecule has 0 radical (unpaired) electrons. The van der Waals surface area contributed by atoms with E-state index in [2.05, 4.69) is 60.8 Å². The van der Waals surface area contributed by atoms with Crippen LogP contribution in [0.3, 0.4) is 0 Å². The smallest absolute Gasteiger partial charge is 0.169 e. The Morgan fingerprint density at radius 1 is 1.12 bits per heavy atom. The van der Waals surface area contributed by atoms with Gasteiger partial charge in [0.15, 0.2) is 17.7 Å². The van der Waals surface area contributed by atoms with Crippen LogP contribution in [0.5, 0.6) is 11.5 Å². The lowest BCUT2D eigenvalue weighted by atomic mass is 9.93. The summed E-state index contributed by atoms with van der Waals surface area (Å²) in [5.41, 5.74) is 13.4. The second-order valence-electron chi connectivity index (χ2n) is 8.08. The van der Waals surface area contributed by atoms with Crippen LogP contribution < -0.4 is 25.9 Å². The molecule has 3 aromatic rings. The number of nitrogen functional groups attached to an aromatic ring is 1. The molecule has 5 nitrogen and oxygen atoms in total. The number of ether oxygens (including phenoxy) is 2. The Balaban J connectivity index is 1.56. The minimum Gasteiger partial charge on any atom is -0.493 e. The van der Waals surface area contributed by atoms with Gasteiger partial charge in [-0.25, -0.2) is 0 Å². The van der Waals surface area contributed by atoms with Crippen molar-refractivity contribution in [1.82, 2.24) is 5.32 Å². The third kappa shape index (κ3) is 4.84. The van der Waals surface area contributed by atoms with Gasteiger partial charge in [-0.15, -0.1) is 0 Å². The highest BCUT2D eigenvalue weighted by atomic mass is 16.5. The summed E-state index contributed by atoms with van der Waals surface area (Å²) in [6.45, 7) is 3.49. The Labute approximate surface area is 189 Å². The van der Waals surface area contributed by atoms with Crippen LogP contribution in [0.4, 0.5) is 5.69 Å². The fraction of sp³-hybridized carbons (Fsp3) is 0.222. The molecule has 0 amide bonds. The van der Waals surface area contributed by atoms with Gasteiger partial charge in [-0.3, -0.25) is 5.41 Å². The van der Waals surface area contributed by atoms with E-state index in [1.54, 1.807) is 7.11 Å². The quantitative estimate of drug-likeness (QED) is 0.399. The molecule has 5 heteroatoms. The Morgan fingerprint density at radius 2 is 2.00 bits per heavy atom. The van der Waals surface area contributed by atoms with Crippen molar-refractivity contribution in [2.45, 2.75) is 26.0 Å². The van der Waals surface area contributed by atoms with Crippen LogP contribution in [-0.2, 0) is 13.0 Å². The summed E-state index contributed by atoms with van der Waals surface area (Å²) < 4.78 is 11.8. The van der Waals surface area contributed by atoms with E-state index in [1.807, 2.05) is 18.2 Å². The molecule has 0 bridgehead atoms. The zero-order valence-electron chi connectivity index (χ0n) is 18.6. The van der Waals surface area contributed by atoms with Gasteiger partial charge >= 0.3 is 0 Å². The Morgan fingerprint density at radius 3 is 2.75 bits per heavy atom. The first-order valence-electron chi connectivity index (χ1n) is 10.8. The molecule has 1 heterocycles. The molecule has 1 aliphatic rings. The highest BCUT2D eigenvalue weighted by Crippen LogP contribution is 2.36. The number of nitrogens with one attached hydrogen (secondary N) is 1. The van der Waals surface area contributed by atoms with Crippen molar-refractivity contribution < 1.29 is 14.9 Å². The first-order valence-corrected chi connectivity index (χ1v) is 10.8. The van der Waals surface area contributed by atoms with Gasteiger partial charge in [0.2, 0.25) is 0 Å². The van der Waals surface area contributed by atoms with Gasteiger partial charge in [0, 0.05) is 12.2 Å². The summed E-state index contributed by atoms with van der Waals surface area (Å²) >= 11 is 0. The molecular weight excluding hydrogens is 398 g/mol. The fourth-order valence-electron chi connectivity index (χ4n) is 4.06. The first-order chi connectivity index (χ1) is 15.6. The maximum atomic E-state index is 6.14. The number of fused-ring (bicyclic) bond motifs is 1. The lowest BCUT2D eigenvalue weighted by Gasteiger charge is -2.26. The first kappa shape index (κ1) is 21.7. The van der Waals surface area contributed by atoms with Crippen LogP contribution in [0.25, 0.3) is 6.08 Å². The minimum atomic E-state index is 0.0837. The lowest BCUT2D eigenvalue weighted by molar-refractivity contribution is -0.104. The highest BCUT2D eigenvalue weighted by Gasteiger charge is 2.21. The minimum absolute atomic E-state index is 0.0837. The predicted octanol–water partition coefficient (Wildman–Crippen LogP) is 3.24. The van der Waals surface area contributed by atoms with E-state index in [0.29, 0.717) is 12.3 Å². The number of rotatable bonds is 7. The van der Waals surface area contributed by atoms with Crippen LogP contribution in [0.2, 0.25) is 0 Å². The van der Waals surface area contributed by atoms with Crippen molar-refractivity contribution in [2.75, 3.05) is 19.4 Å². The van der Waals surface area contributed by atoms with Crippen LogP contribution in [0.1, 0.15) is 39.4 Å². The third-order valence-corrected chi connectivity index (χ3v) is 5.77. The monoisotopic (exact) mass is 428 g/mol. The molecule has 0 spiro atoms. The van der Waals surface area contributed by atoms with Crippen LogP contribution in [0.15, 0.2) is 60.7 Å². The van der Waals surface area contributed by atoms with Crippen molar-refractivity contribution in [1.29, 1.82) is 0 Å². The topological polar surface area (TPSA) is 82.1 Å². The third-order valence-electron chi connectivity index (χ3n) is 5.77. The lowest BCUT2D eigenvalue weighted by Crippen LogP contribution is -2.30. The molecule has 0 aliphatic carbocycles. The number of methoxy groups -OCH3 is 1. The molecule has 32 heavy (non-hydrogen) atoms. The zero-order valence-corrected chi connectivity index (χ0v) is 18.6. The summed E-state index contributed by atoms with van der Waals surface area (Å²) in [6, 6.07) is 18.5. The van der Waals surface area contributed by atoms with E-state index in [9.17, 15) is 0 Å². The van der Waals surface area contributed by atoms with Gasteiger partial charge in [-0.05, 0) is 59.9 Å². The average Bonchev–Trinajstić information content (AvgIpc) is 2.80. The summed E-state index contributed by atoms with van der Waals surface area (Å²) in [5, 5.41) is 9.17. The SMILES string of the molecule is COc1cc2c(cc1OCc1cccc(C)c1)CCNC2/C=C/c1ccc(C=[NH2+])c(N)c1. The van der Waals surface area contributed by atoms with E-state index < -0.39 is 0 Å². The molecule has 0 saturated heterocycles. The van der Waals surface area contributed by atoms with Crippen LogP contribution in [0, 0.1) is 6.92 Å². The fourth-order valence-corrected chi connectivity index (χ4v) is 4.06. The van der Waals surface area contributed by atoms with Crippen molar-refractivity contribution in [2.24, 2.45) is 0 Å². The number of anilines is 1. The van der Waals surface area contributed by atoms with Crippen molar-refractivity contribution in [3.63, 3.8) is 0 Å². The Kier molecular flexibility index (Phi) is 6.57. The normalized spacial score (nSPS) is 15.4. The maximum absolute atomic E-state index is 6.14. The second kappa shape index (κ2) is 9.71. The number of aryl methyl sites for hydroxylation is 1. The highest BCUT2D eigenvalue weighted by molar-refractivity contribution is 5.84. The molecule has 1 atom stereocenters. The summed E-state index contributed by atoms with van der Waals surface area (Å²) in [4.78, 5) is 0. The average molecular weight is 429 g/mol. The molecule has 3 aromatic carbocycles. The molecule has 164 valence electrons. The summed E-state index contributed by atoms with van der Waals surface area (Å²) in [5.74, 6) is 1.52. The standard InChI is InChI=1S/C27H29N3O2/c1-18-4-3-5-20(12-18)17-32-27-14-21-10-11-30-25(23(21)15-26(27)31-2)9-7-19-6-8-22(16-28)24(29)13-19/h3-9,12-16,25,28,30H,10-11,17,29H2,1-2H3/p+1/b9-7+,28-16?. The van der Waals surface area contributed by atoms with Gasteiger partial charge in [-0.1, -0.05) is 48.0 Å². The van der Waals surface area contributed by atoms with Gasteiger partial charge in [0.25, 0.3) is 0 Å². The van der Waals surface area contributed by atoms with E-state index >= 15 is 0 Å². The van der Waals surface area contributed by atoms with E-state index in [-0.39, 0.29) is 6.04 Å². The van der Waals surface area contributed by atoms with Crippen molar-refractivity contribution in [3.8, 4) is 11.5 Å². The predicted molar refractivity (Wildman–Crippen MR) is 130 cm³/mol.